The van der Waals surface area contributed by atoms with Crippen LogP contribution in [0.15, 0.2) is 12.1 Å². The molecule has 0 unspecified atom stereocenters. The Balaban J connectivity index is 1.70. The number of carbonyl (C=O) groups excluding carboxylic acids is 1. The van der Waals surface area contributed by atoms with E-state index in [0.29, 0.717) is 25.3 Å². The third-order valence-electron chi connectivity index (χ3n) is 5.45. The minimum absolute atomic E-state index is 0.0262. The van der Waals surface area contributed by atoms with Crippen LogP contribution >= 0.6 is 0 Å². The summed E-state index contributed by atoms with van der Waals surface area (Å²) in [5.74, 6) is -0.231. The maximum Gasteiger partial charge on any atom is 0.341 e. The molecule has 2 aliphatic rings. The lowest BCUT2D eigenvalue weighted by Crippen LogP contribution is -2.45. The first kappa shape index (κ1) is 19.2. The van der Waals surface area contributed by atoms with Crippen LogP contribution in [0.3, 0.4) is 0 Å². The van der Waals surface area contributed by atoms with Crippen LogP contribution in [-0.4, -0.2) is 53.7 Å². The molecule has 7 nitrogen and oxygen atoms in total. The van der Waals surface area contributed by atoms with Gasteiger partial charge in [0, 0.05) is 13.1 Å². The zero-order chi connectivity index (χ0) is 19.6. The van der Waals surface area contributed by atoms with E-state index in [1.807, 2.05) is 26.0 Å². The number of benzene rings is 1. The highest BCUT2D eigenvalue weighted by Crippen LogP contribution is 2.34. The number of rotatable bonds is 5. The molecule has 2 saturated heterocycles. The molecule has 0 radical (unpaired) electrons. The number of amides is 1. The van der Waals surface area contributed by atoms with E-state index < -0.39 is 5.97 Å². The van der Waals surface area contributed by atoms with Gasteiger partial charge in [0.05, 0.1) is 12.1 Å². The van der Waals surface area contributed by atoms with Crippen molar-refractivity contribution in [2.75, 3.05) is 19.7 Å². The molecule has 2 aliphatic heterocycles. The highest BCUT2D eigenvalue weighted by atomic mass is 16.5. The van der Waals surface area contributed by atoms with Gasteiger partial charge in [0.2, 0.25) is 5.91 Å². The number of hydrogen-bond donors (Lipinski definition) is 2. The van der Waals surface area contributed by atoms with Gasteiger partial charge in [-0.3, -0.25) is 4.79 Å². The molecule has 3 rings (SSSR count). The molecule has 1 aromatic rings. The molecule has 1 aromatic carbocycles. The molecule has 0 aliphatic carbocycles. The van der Waals surface area contributed by atoms with Crippen molar-refractivity contribution in [1.82, 2.24) is 10.2 Å². The van der Waals surface area contributed by atoms with Crippen LogP contribution in [0.2, 0.25) is 0 Å². The van der Waals surface area contributed by atoms with Crippen molar-refractivity contribution in [3.8, 4) is 11.8 Å². The standard InChI is InChI=1S/C20H25N3O4/c1-12-6-16(27-11-18(24)25)7-13(2)19(12)14-8-17(22-10-14)20(26)23-5-3-4-15(23)9-21/h6-7,14-15,17,22H,3-5,8,10-11H2,1-2H3,(H,24,25)/t14-,15-,17-/m0/s1. The van der Waals surface area contributed by atoms with Crippen LogP contribution in [0.25, 0.3) is 0 Å². The van der Waals surface area contributed by atoms with Crippen molar-refractivity contribution < 1.29 is 19.4 Å². The lowest BCUT2D eigenvalue weighted by atomic mass is 9.88. The number of carboxylic acids is 1. The number of carboxylic acid groups (broad SMARTS) is 1. The molecule has 0 aromatic heterocycles. The molecular weight excluding hydrogens is 346 g/mol. The molecule has 2 heterocycles. The molecule has 1 amide bonds. The van der Waals surface area contributed by atoms with E-state index in [0.717, 1.165) is 24.0 Å². The summed E-state index contributed by atoms with van der Waals surface area (Å²) in [6.45, 7) is 4.97. The number of nitriles is 1. The molecule has 7 heteroatoms. The Morgan fingerprint density at radius 2 is 2.07 bits per heavy atom. The van der Waals surface area contributed by atoms with Crippen LogP contribution < -0.4 is 10.1 Å². The van der Waals surface area contributed by atoms with Crippen molar-refractivity contribution in [3.05, 3.63) is 28.8 Å². The molecule has 3 atom stereocenters. The van der Waals surface area contributed by atoms with Crippen LogP contribution in [0.4, 0.5) is 0 Å². The highest BCUT2D eigenvalue weighted by molar-refractivity contribution is 5.83. The lowest BCUT2D eigenvalue weighted by molar-refractivity contribution is -0.139. The molecule has 2 N–H and O–H groups in total. The number of nitrogens with zero attached hydrogens (tertiary/aromatic N) is 2. The van der Waals surface area contributed by atoms with Crippen molar-refractivity contribution in [3.63, 3.8) is 0 Å². The predicted octanol–water partition coefficient (Wildman–Crippen LogP) is 1.73. The van der Waals surface area contributed by atoms with Gasteiger partial charge in [0.1, 0.15) is 11.8 Å². The van der Waals surface area contributed by atoms with Gasteiger partial charge in [0.25, 0.3) is 0 Å². The largest absolute Gasteiger partial charge is 0.482 e. The Hall–Kier alpha value is -2.59. The Kier molecular flexibility index (Phi) is 5.66. The number of aryl methyl sites for hydroxylation is 2. The van der Waals surface area contributed by atoms with E-state index in [1.54, 1.807) is 4.90 Å². The average molecular weight is 371 g/mol. The smallest absolute Gasteiger partial charge is 0.341 e. The summed E-state index contributed by atoms with van der Waals surface area (Å²) in [6.07, 6.45) is 2.34. The fourth-order valence-electron chi connectivity index (χ4n) is 4.32. The average Bonchev–Trinajstić information content (AvgIpc) is 3.28. The predicted molar refractivity (Wildman–Crippen MR) is 98.5 cm³/mol. The van der Waals surface area contributed by atoms with E-state index in [9.17, 15) is 14.9 Å². The highest BCUT2D eigenvalue weighted by Gasteiger charge is 2.38. The first-order valence-corrected chi connectivity index (χ1v) is 9.30. The van der Waals surface area contributed by atoms with Crippen molar-refractivity contribution in [2.24, 2.45) is 0 Å². The monoisotopic (exact) mass is 371 g/mol. The fourth-order valence-corrected chi connectivity index (χ4v) is 4.32. The summed E-state index contributed by atoms with van der Waals surface area (Å²) >= 11 is 0. The van der Waals surface area contributed by atoms with Crippen molar-refractivity contribution >= 4 is 11.9 Å². The second-order valence-corrected chi connectivity index (χ2v) is 7.37. The number of hydrogen-bond acceptors (Lipinski definition) is 5. The summed E-state index contributed by atoms with van der Waals surface area (Å²) in [5, 5.41) is 21.3. The second kappa shape index (κ2) is 7.97. The molecule has 0 saturated carbocycles. The van der Waals surface area contributed by atoms with E-state index in [-0.39, 0.29) is 30.5 Å². The van der Waals surface area contributed by atoms with E-state index in [4.69, 9.17) is 9.84 Å². The SMILES string of the molecule is Cc1cc(OCC(=O)O)cc(C)c1[C@@H]1CN[C@H](C(=O)N2CCC[C@H]2C#N)C1. The molecule has 2 fully saturated rings. The van der Waals surface area contributed by atoms with Gasteiger partial charge in [-0.1, -0.05) is 0 Å². The van der Waals surface area contributed by atoms with Gasteiger partial charge in [-0.05, 0) is 67.9 Å². The summed E-state index contributed by atoms with van der Waals surface area (Å²) in [4.78, 5) is 25.2. The Bertz CT molecular complexity index is 763. The summed E-state index contributed by atoms with van der Waals surface area (Å²) in [7, 11) is 0. The summed E-state index contributed by atoms with van der Waals surface area (Å²) < 4.78 is 5.29. The molecule has 27 heavy (non-hydrogen) atoms. The minimum Gasteiger partial charge on any atom is -0.482 e. The molecular formula is C20H25N3O4. The summed E-state index contributed by atoms with van der Waals surface area (Å²) in [5.41, 5.74) is 3.25. The summed E-state index contributed by atoms with van der Waals surface area (Å²) in [6, 6.07) is 5.38. The third-order valence-corrected chi connectivity index (χ3v) is 5.45. The van der Waals surface area contributed by atoms with Crippen LogP contribution in [0, 0.1) is 25.2 Å². The van der Waals surface area contributed by atoms with Gasteiger partial charge < -0.3 is 20.1 Å². The number of carbonyl (C=O) groups is 2. The van der Waals surface area contributed by atoms with E-state index in [2.05, 4.69) is 11.4 Å². The van der Waals surface area contributed by atoms with Crippen LogP contribution in [0.5, 0.6) is 5.75 Å². The maximum atomic E-state index is 12.8. The van der Waals surface area contributed by atoms with Gasteiger partial charge in [-0.25, -0.2) is 4.79 Å². The molecule has 0 bridgehead atoms. The van der Waals surface area contributed by atoms with Crippen molar-refractivity contribution in [1.29, 1.82) is 5.26 Å². The number of aliphatic carboxylic acids is 1. The maximum absolute atomic E-state index is 12.8. The zero-order valence-electron chi connectivity index (χ0n) is 15.7. The van der Waals surface area contributed by atoms with Crippen LogP contribution in [0.1, 0.15) is 41.9 Å². The topological polar surface area (TPSA) is 103 Å². The molecule has 0 spiro atoms. The number of likely N-dealkylation sites (tertiary alicyclic amines) is 1. The normalized spacial score (nSPS) is 24.6. The van der Waals surface area contributed by atoms with Gasteiger partial charge in [-0.2, -0.15) is 5.26 Å². The fraction of sp³-hybridized carbons (Fsp3) is 0.550. The van der Waals surface area contributed by atoms with Gasteiger partial charge in [-0.15, -0.1) is 0 Å². The Morgan fingerprint density at radius 1 is 1.37 bits per heavy atom. The second-order valence-electron chi connectivity index (χ2n) is 7.37. The van der Waals surface area contributed by atoms with Crippen LogP contribution in [-0.2, 0) is 9.59 Å². The first-order chi connectivity index (χ1) is 12.9. The Labute approximate surface area is 158 Å². The first-order valence-electron chi connectivity index (χ1n) is 9.30. The Morgan fingerprint density at radius 3 is 2.70 bits per heavy atom. The van der Waals surface area contributed by atoms with Gasteiger partial charge >= 0.3 is 5.97 Å². The van der Waals surface area contributed by atoms with E-state index in [1.165, 1.54) is 5.56 Å². The molecule has 144 valence electrons. The third kappa shape index (κ3) is 4.06. The van der Waals surface area contributed by atoms with E-state index >= 15 is 0 Å². The van der Waals surface area contributed by atoms with Crippen molar-refractivity contribution in [2.45, 2.75) is 51.1 Å². The minimum atomic E-state index is -1.01. The zero-order valence-corrected chi connectivity index (χ0v) is 15.7. The number of ether oxygens (including phenoxy) is 1. The lowest BCUT2D eigenvalue weighted by Gasteiger charge is -2.23. The quantitative estimate of drug-likeness (QED) is 0.817. The number of nitrogens with one attached hydrogen (secondary N) is 1. The van der Waals surface area contributed by atoms with Gasteiger partial charge in [0.15, 0.2) is 6.61 Å².